The predicted molar refractivity (Wildman–Crippen MR) is 91.9 cm³/mol. The molecule has 1 saturated carbocycles. The lowest BCUT2D eigenvalue weighted by Gasteiger charge is -2.25. The summed E-state index contributed by atoms with van der Waals surface area (Å²) in [4.78, 5) is 2.40. The molecule has 0 saturated heterocycles. The molecule has 0 aromatic heterocycles. The van der Waals surface area contributed by atoms with Crippen LogP contribution in [0.25, 0.3) is 0 Å². The zero-order chi connectivity index (χ0) is 15.2. The van der Waals surface area contributed by atoms with Gasteiger partial charge in [0, 0.05) is 34.7 Å². The van der Waals surface area contributed by atoms with Crippen molar-refractivity contribution < 1.29 is 5.11 Å². The molecule has 1 unspecified atom stereocenters. The smallest absolute Gasteiger partial charge is 0.0558 e. The number of hydrogen-bond donors (Lipinski definition) is 2. The summed E-state index contributed by atoms with van der Waals surface area (Å²) in [6.45, 7) is 5.04. The number of hydrogen-bond acceptors (Lipinski definition) is 3. The molecule has 3 nitrogen and oxygen atoms in total. The third-order valence-electron chi connectivity index (χ3n) is 3.94. The highest BCUT2D eigenvalue weighted by Crippen LogP contribution is 2.31. The van der Waals surface area contributed by atoms with E-state index in [4.69, 9.17) is 11.6 Å². The molecule has 1 aromatic rings. The number of halogens is 2. The Morgan fingerprint density at radius 3 is 2.76 bits per heavy atom. The SMILES string of the molecule is CCNC(CCN(CCO)C1CC1)c1ccc(Br)cc1Cl. The Morgan fingerprint density at radius 2 is 2.19 bits per heavy atom. The van der Waals surface area contributed by atoms with Gasteiger partial charge in [-0.3, -0.25) is 4.90 Å². The maximum atomic E-state index is 9.19. The maximum Gasteiger partial charge on any atom is 0.0558 e. The van der Waals surface area contributed by atoms with Crippen LogP contribution >= 0.6 is 27.5 Å². The standard InChI is InChI=1S/C16H24BrClN2O/c1-2-19-16(14-6-3-12(17)11-15(14)18)7-8-20(9-10-21)13-4-5-13/h3,6,11,13,16,19,21H,2,4-5,7-10H2,1H3. The second kappa shape index (κ2) is 8.49. The highest BCUT2D eigenvalue weighted by molar-refractivity contribution is 9.10. The van der Waals surface area contributed by atoms with Crippen LogP contribution in [0.5, 0.6) is 0 Å². The normalized spacial score (nSPS) is 16.4. The van der Waals surface area contributed by atoms with Crippen LogP contribution in [0.2, 0.25) is 5.02 Å². The summed E-state index contributed by atoms with van der Waals surface area (Å²) < 4.78 is 1.01. The van der Waals surface area contributed by atoms with Crippen molar-refractivity contribution in [1.82, 2.24) is 10.2 Å². The fourth-order valence-corrected chi connectivity index (χ4v) is 3.54. The first kappa shape index (κ1) is 17.2. The molecule has 0 aliphatic heterocycles. The summed E-state index contributed by atoms with van der Waals surface area (Å²) in [6, 6.07) is 7.02. The van der Waals surface area contributed by atoms with Gasteiger partial charge in [0.1, 0.15) is 0 Å². The van der Waals surface area contributed by atoms with E-state index in [2.05, 4.69) is 39.1 Å². The summed E-state index contributed by atoms with van der Waals surface area (Å²) in [5.41, 5.74) is 1.15. The molecule has 0 heterocycles. The molecule has 1 aliphatic rings. The van der Waals surface area contributed by atoms with Crippen LogP contribution in [0.3, 0.4) is 0 Å². The van der Waals surface area contributed by atoms with Crippen molar-refractivity contribution in [3.05, 3.63) is 33.3 Å². The van der Waals surface area contributed by atoms with Crippen LogP contribution < -0.4 is 5.32 Å². The van der Waals surface area contributed by atoms with Crippen molar-refractivity contribution in [2.75, 3.05) is 26.2 Å². The van der Waals surface area contributed by atoms with E-state index < -0.39 is 0 Å². The van der Waals surface area contributed by atoms with Gasteiger partial charge in [-0.1, -0.05) is 40.5 Å². The van der Waals surface area contributed by atoms with Crippen LogP contribution in [-0.2, 0) is 0 Å². The van der Waals surface area contributed by atoms with E-state index in [9.17, 15) is 5.11 Å². The van der Waals surface area contributed by atoms with Crippen molar-refractivity contribution in [2.45, 2.75) is 38.3 Å². The lowest BCUT2D eigenvalue weighted by Crippen LogP contribution is -2.33. The van der Waals surface area contributed by atoms with E-state index in [0.29, 0.717) is 6.04 Å². The molecular formula is C16H24BrClN2O. The van der Waals surface area contributed by atoms with Gasteiger partial charge in [-0.05, 0) is 43.5 Å². The predicted octanol–water partition coefficient (Wildman–Crippen LogP) is 3.60. The third kappa shape index (κ3) is 5.22. The van der Waals surface area contributed by atoms with Gasteiger partial charge in [0.2, 0.25) is 0 Å². The highest BCUT2D eigenvalue weighted by atomic mass is 79.9. The number of aliphatic hydroxyl groups excluding tert-OH is 1. The molecule has 5 heteroatoms. The third-order valence-corrected chi connectivity index (χ3v) is 4.76. The minimum atomic E-state index is 0.238. The molecule has 0 bridgehead atoms. The summed E-state index contributed by atoms with van der Waals surface area (Å²) in [6.07, 6.45) is 3.54. The van der Waals surface area contributed by atoms with Gasteiger partial charge < -0.3 is 10.4 Å². The van der Waals surface area contributed by atoms with E-state index in [1.807, 2.05) is 12.1 Å². The Kier molecular flexibility index (Phi) is 6.96. The first-order valence-electron chi connectivity index (χ1n) is 7.69. The molecule has 0 spiro atoms. The number of nitrogens with zero attached hydrogens (tertiary/aromatic N) is 1. The molecule has 1 fully saturated rings. The van der Waals surface area contributed by atoms with Gasteiger partial charge in [-0.2, -0.15) is 0 Å². The Balaban J connectivity index is 2.00. The molecular weight excluding hydrogens is 352 g/mol. The van der Waals surface area contributed by atoms with E-state index in [1.165, 1.54) is 12.8 Å². The topological polar surface area (TPSA) is 35.5 Å². The van der Waals surface area contributed by atoms with Gasteiger partial charge in [0.05, 0.1) is 6.61 Å². The van der Waals surface area contributed by atoms with Gasteiger partial charge in [0.15, 0.2) is 0 Å². The van der Waals surface area contributed by atoms with Crippen LogP contribution in [0.1, 0.15) is 37.8 Å². The van der Waals surface area contributed by atoms with Crippen molar-refractivity contribution in [1.29, 1.82) is 0 Å². The molecule has 2 rings (SSSR count). The van der Waals surface area contributed by atoms with Gasteiger partial charge in [-0.25, -0.2) is 0 Å². The molecule has 2 N–H and O–H groups in total. The molecule has 1 aliphatic carbocycles. The molecule has 1 atom stereocenters. The number of nitrogens with one attached hydrogen (secondary N) is 1. The van der Waals surface area contributed by atoms with Crippen LogP contribution in [0.15, 0.2) is 22.7 Å². The lowest BCUT2D eigenvalue weighted by molar-refractivity contribution is 0.182. The van der Waals surface area contributed by atoms with E-state index in [0.717, 1.165) is 41.1 Å². The van der Waals surface area contributed by atoms with E-state index >= 15 is 0 Å². The molecule has 118 valence electrons. The molecule has 1 aromatic carbocycles. The Labute approximate surface area is 140 Å². The average molecular weight is 376 g/mol. The van der Waals surface area contributed by atoms with Gasteiger partial charge in [-0.15, -0.1) is 0 Å². The Bertz CT molecular complexity index is 454. The zero-order valence-electron chi connectivity index (χ0n) is 12.5. The van der Waals surface area contributed by atoms with E-state index in [1.54, 1.807) is 0 Å². The average Bonchev–Trinajstić information content (AvgIpc) is 3.27. The largest absolute Gasteiger partial charge is 0.395 e. The number of aliphatic hydroxyl groups is 1. The van der Waals surface area contributed by atoms with Crippen molar-refractivity contribution in [2.24, 2.45) is 0 Å². The monoisotopic (exact) mass is 374 g/mol. The Morgan fingerprint density at radius 1 is 1.43 bits per heavy atom. The number of rotatable bonds is 9. The number of benzene rings is 1. The summed E-state index contributed by atoms with van der Waals surface area (Å²) in [5, 5.41) is 13.5. The maximum absolute atomic E-state index is 9.19. The zero-order valence-corrected chi connectivity index (χ0v) is 14.8. The van der Waals surface area contributed by atoms with Gasteiger partial charge in [0.25, 0.3) is 0 Å². The van der Waals surface area contributed by atoms with Crippen molar-refractivity contribution in [3.63, 3.8) is 0 Å². The quantitative estimate of drug-likeness (QED) is 0.692. The fraction of sp³-hybridized carbons (Fsp3) is 0.625. The minimum absolute atomic E-state index is 0.238. The minimum Gasteiger partial charge on any atom is -0.395 e. The first-order valence-corrected chi connectivity index (χ1v) is 8.86. The summed E-state index contributed by atoms with van der Waals surface area (Å²) >= 11 is 9.84. The van der Waals surface area contributed by atoms with Crippen LogP contribution in [0, 0.1) is 0 Å². The summed E-state index contributed by atoms with van der Waals surface area (Å²) in [7, 11) is 0. The van der Waals surface area contributed by atoms with E-state index in [-0.39, 0.29) is 12.6 Å². The van der Waals surface area contributed by atoms with Crippen LogP contribution in [0.4, 0.5) is 0 Å². The molecule has 0 amide bonds. The molecule has 21 heavy (non-hydrogen) atoms. The second-order valence-corrected chi connectivity index (χ2v) is 6.88. The Hall–Kier alpha value is -0.130. The fourth-order valence-electron chi connectivity index (χ4n) is 2.74. The molecule has 0 radical (unpaired) electrons. The van der Waals surface area contributed by atoms with Crippen molar-refractivity contribution >= 4 is 27.5 Å². The van der Waals surface area contributed by atoms with Crippen molar-refractivity contribution in [3.8, 4) is 0 Å². The summed E-state index contributed by atoms with van der Waals surface area (Å²) in [5.74, 6) is 0. The highest BCUT2D eigenvalue weighted by Gasteiger charge is 2.28. The van der Waals surface area contributed by atoms with Gasteiger partial charge >= 0.3 is 0 Å². The van der Waals surface area contributed by atoms with Crippen LogP contribution in [-0.4, -0.2) is 42.3 Å². The lowest BCUT2D eigenvalue weighted by atomic mass is 10.0. The first-order chi connectivity index (χ1) is 10.2. The second-order valence-electron chi connectivity index (χ2n) is 5.56.